The summed E-state index contributed by atoms with van der Waals surface area (Å²) in [7, 11) is 2.32. The van der Waals surface area contributed by atoms with Gasteiger partial charge in [0, 0.05) is 46.7 Å². The highest BCUT2D eigenvalue weighted by atomic mass is 35.5. The first kappa shape index (κ1) is 16.4. The largest absolute Gasteiger partial charge is 0.344 e. The smallest absolute Gasteiger partial charge is 0.0486 e. The summed E-state index contributed by atoms with van der Waals surface area (Å²) in [6, 6.07) is 16.6. The van der Waals surface area contributed by atoms with Gasteiger partial charge in [0.1, 0.15) is 0 Å². The van der Waals surface area contributed by atoms with Crippen LogP contribution >= 0.6 is 11.6 Å². The molecule has 0 amide bonds. The van der Waals surface area contributed by atoms with Gasteiger partial charge in [0.05, 0.1) is 0 Å². The predicted molar refractivity (Wildman–Crippen MR) is 109 cm³/mol. The zero-order valence-electron chi connectivity index (χ0n) is 15.5. The van der Waals surface area contributed by atoms with Gasteiger partial charge >= 0.3 is 0 Å². The van der Waals surface area contributed by atoms with Crippen molar-refractivity contribution >= 4 is 22.5 Å². The maximum Gasteiger partial charge on any atom is 0.0486 e. The maximum atomic E-state index is 6.18. The van der Waals surface area contributed by atoms with E-state index in [0.29, 0.717) is 12.1 Å². The Labute approximate surface area is 160 Å². The summed E-state index contributed by atoms with van der Waals surface area (Å²) < 4.78 is 2.60. The van der Waals surface area contributed by atoms with Gasteiger partial charge in [0.25, 0.3) is 0 Å². The van der Waals surface area contributed by atoms with Gasteiger partial charge in [-0.1, -0.05) is 35.4 Å². The summed E-state index contributed by atoms with van der Waals surface area (Å²) >= 11 is 6.18. The van der Waals surface area contributed by atoms with Crippen LogP contribution in [0.15, 0.2) is 42.5 Å². The Morgan fingerprint density at radius 3 is 2.85 bits per heavy atom. The van der Waals surface area contributed by atoms with Crippen LogP contribution in [0, 0.1) is 6.92 Å². The summed E-state index contributed by atoms with van der Waals surface area (Å²) in [4.78, 5) is 2.62. The minimum absolute atomic E-state index is 0.598. The van der Waals surface area contributed by atoms with Crippen molar-refractivity contribution in [3.63, 3.8) is 0 Å². The van der Waals surface area contributed by atoms with E-state index in [4.69, 9.17) is 11.6 Å². The van der Waals surface area contributed by atoms with Crippen LogP contribution < -0.4 is 0 Å². The molecule has 134 valence electrons. The van der Waals surface area contributed by atoms with E-state index in [0.717, 1.165) is 18.0 Å². The van der Waals surface area contributed by atoms with Gasteiger partial charge in [-0.05, 0) is 68.6 Å². The summed E-state index contributed by atoms with van der Waals surface area (Å²) in [6.07, 6.45) is 4.84. The number of halogens is 1. The van der Waals surface area contributed by atoms with Crippen molar-refractivity contribution in [1.82, 2.24) is 9.47 Å². The van der Waals surface area contributed by atoms with Crippen LogP contribution in [0.2, 0.25) is 5.02 Å². The van der Waals surface area contributed by atoms with Gasteiger partial charge in [-0.25, -0.2) is 0 Å². The van der Waals surface area contributed by atoms with Crippen molar-refractivity contribution in [2.75, 3.05) is 7.05 Å². The van der Waals surface area contributed by atoms with Gasteiger partial charge in [-0.2, -0.15) is 0 Å². The number of aromatic nitrogens is 1. The third-order valence-electron chi connectivity index (χ3n) is 6.49. The lowest BCUT2D eigenvalue weighted by atomic mass is 9.97. The number of aryl methyl sites for hydroxylation is 3. The molecule has 0 saturated carbocycles. The van der Waals surface area contributed by atoms with Crippen molar-refractivity contribution < 1.29 is 0 Å². The van der Waals surface area contributed by atoms with Crippen molar-refractivity contribution in [3.05, 3.63) is 69.9 Å². The molecule has 2 bridgehead atoms. The van der Waals surface area contributed by atoms with Crippen LogP contribution in [0.4, 0.5) is 0 Å². The molecule has 3 heteroatoms. The lowest BCUT2D eigenvalue weighted by Gasteiger charge is -2.32. The number of nitrogens with zero attached hydrogens (tertiary/aromatic N) is 2. The monoisotopic (exact) mass is 364 g/mol. The molecule has 2 nitrogen and oxygen atoms in total. The Hall–Kier alpha value is -1.77. The molecule has 3 heterocycles. The highest BCUT2D eigenvalue weighted by Crippen LogP contribution is 2.46. The number of benzene rings is 2. The number of rotatable bonds is 3. The molecular weight excluding hydrogens is 340 g/mol. The third kappa shape index (κ3) is 2.51. The molecule has 1 aromatic heterocycles. The number of likely N-dealkylation sites (N-methyl/N-ethyl adjacent to an activating group) is 1. The van der Waals surface area contributed by atoms with Crippen molar-refractivity contribution in [2.24, 2.45) is 0 Å². The second kappa shape index (κ2) is 6.14. The Kier molecular flexibility index (Phi) is 3.88. The first-order valence-corrected chi connectivity index (χ1v) is 10.1. The average Bonchev–Trinajstić information content (AvgIpc) is 3.03. The Morgan fingerprint density at radius 2 is 2.00 bits per heavy atom. The molecule has 2 atom stereocenters. The molecule has 3 aromatic rings. The Morgan fingerprint density at radius 1 is 1.12 bits per heavy atom. The second-order valence-corrected chi connectivity index (χ2v) is 8.47. The summed E-state index contributed by atoms with van der Waals surface area (Å²) in [5, 5.41) is 2.31. The van der Waals surface area contributed by atoms with E-state index in [1.54, 1.807) is 11.3 Å². The molecule has 0 radical (unpaired) electrons. The van der Waals surface area contributed by atoms with Crippen LogP contribution in [0.5, 0.6) is 0 Å². The first-order chi connectivity index (χ1) is 12.6. The topological polar surface area (TPSA) is 8.17 Å². The quantitative estimate of drug-likeness (QED) is 0.592. The first-order valence-electron chi connectivity index (χ1n) is 9.70. The SMILES string of the molecule is Cc1ccc2c(c1)c1c(n2CCc2cccc(Cl)c2)CC2CCC1N2C. The fourth-order valence-electron chi connectivity index (χ4n) is 5.16. The number of hydrogen-bond donors (Lipinski definition) is 0. The van der Waals surface area contributed by atoms with Crippen LogP contribution in [-0.2, 0) is 19.4 Å². The van der Waals surface area contributed by atoms with Crippen LogP contribution in [0.3, 0.4) is 0 Å². The van der Waals surface area contributed by atoms with E-state index in [2.05, 4.69) is 59.8 Å². The van der Waals surface area contributed by atoms with Gasteiger partial charge < -0.3 is 4.57 Å². The maximum absolute atomic E-state index is 6.18. The zero-order chi connectivity index (χ0) is 17.8. The summed E-state index contributed by atoms with van der Waals surface area (Å²) in [6.45, 7) is 3.23. The van der Waals surface area contributed by atoms with E-state index in [-0.39, 0.29) is 0 Å². The van der Waals surface area contributed by atoms with Crippen molar-refractivity contribution in [2.45, 2.75) is 51.2 Å². The molecule has 2 aromatic carbocycles. The zero-order valence-corrected chi connectivity index (χ0v) is 16.3. The minimum Gasteiger partial charge on any atom is -0.344 e. The van der Waals surface area contributed by atoms with Gasteiger partial charge in [-0.15, -0.1) is 0 Å². The average molecular weight is 365 g/mol. The molecule has 2 aliphatic heterocycles. The highest BCUT2D eigenvalue weighted by Gasteiger charge is 2.40. The van der Waals surface area contributed by atoms with Gasteiger partial charge in [0.15, 0.2) is 0 Å². The lowest BCUT2D eigenvalue weighted by Crippen LogP contribution is -2.34. The molecule has 26 heavy (non-hydrogen) atoms. The normalized spacial score (nSPS) is 22.1. The molecule has 0 N–H and O–H groups in total. The third-order valence-corrected chi connectivity index (χ3v) is 6.72. The fraction of sp³-hybridized carbons (Fsp3) is 0.391. The highest BCUT2D eigenvalue weighted by molar-refractivity contribution is 6.30. The Bertz CT molecular complexity index is 987. The van der Waals surface area contributed by atoms with Crippen LogP contribution in [0.1, 0.15) is 41.3 Å². The standard InChI is InChI=1S/C23H25ClN2/c1-15-6-8-20-19(12-15)23-21-9-7-18(25(21)2)14-22(23)26(20)11-10-16-4-3-5-17(24)13-16/h3-6,8,12-13,18,21H,7,9-11,14H2,1-2H3. The lowest BCUT2D eigenvalue weighted by molar-refractivity contribution is 0.222. The molecule has 5 rings (SSSR count). The predicted octanol–water partition coefficient (Wildman–Crippen LogP) is 5.54. The van der Waals surface area contributed by atoms with Gasteiger partial charge in [-0.3, -0.25) is 4.90 Å². The minimum atomic E-state index is 0.598. The fourth-order valence-corrected chi connectivity index (χ4v) is 5.37. The molecule has 2 aliphatic rings. The second-order valence-electron chi connectivity index (χ2n) is 8.03. The van der Waals surface area contributed by atoms with E-state index in [9.17, 15) is 0 Å². The van der Waals surface area contributed by atoms with E-state index >= 15 is 0 Å². The van der Waals surface area contributed by atoms with Crippen LogP contribution in [0.25, 0.3) is 10.9 Å². The van der Waals surface area contributed by atoms with Crippen molar-refractivity contribution in [1.29, 1.82) is 0 Å². The number of fused-ring (bicyclic) bond motifs is 6. The molecular formula is C23H25ClN2. The molecule has 0 aliphatic carbocycles. The van der Waals surface area contributed by atoms with Crippen LogP contribution in [-0.4, -0.2) is 22.6 Å². The summed E-state index contributed by atoms with van der Waals surface area (Å²) in [5.41, 5.74) is 7.26. The molecule has 2 unspecified atom stereocenters. The van der Waals surface area contributed by atoms with E-state index in [1.807, 2.05) is 6.07 Å². The molecule has 0 spiro atoms. The van der Waals surface area contributed by atoms with E-state index < -0.39 is 0 Å². The molecule has 1 saturated heterocycles. The van der Waals surface area contributed by atoms with Crippen molar-refractivity contribution in [3.8, 4) is 0 Å². The summed E-state index contributed by atoms with van der Waals surface area (Å²) in [5.74, 6) is 0. The van der Waals surface area contributed by atoms with Gasteiger partial charge in [0.2, 0.25) is 0 Å². The van der Waals surface area contributed by atoms with E-state index in [1.165, 1.54) is 41.3 Å². The molecule has 1 fully saturated rings. The Balaban J connectivity index is 1.60. The number of hydrogen-bond acceptors (Lipinski definition) is 1.